The maximum absolute atomic E-state index is 8.99. The highest BCUT2D eigenvalue weighted by atomic mass is 15.1. The van der Waals surface area contributed by atoms with E-state index in [1.54, 1.807) is 6.20 Å². The molecule has 4 nitrogen and oxygen atoms in total. The van der Waals surface area contributed by atoms with Gasteiger partial charge >= 0.3 is 0 Å². The van der Waals surface area contributed by atoms with Gasteiger partial charge in [-0.1, -0.05) is 13.0 Å². The van der Waals surface area contributed by atoms with Crippen LogP contribution < -0.4 is 5.73 Å². The van der Waals surface area contributed by atoms with Gasteiger partial charge in [0, 0.05) is 30.9 Å². The number of aromatic nitrogens is 1. The van der Waals surface area contributed by atoms with Crippen LogP contribution in [0.2, 0.25) is 0 Å². The second-order valence-electron chi connectivity index (χ2n) is 4.79. The van der Waals surface area contributed by atoms with Crippen molar-refractivity contribution in [2.45, 2.75) is 25.9 Å². The number of nitriles is 1. The summed E-state index contributed by atoms with van der Waals surface area (Å²) in [5, 5.41) is 8.99. The molecular weight excluding hydrogens is 212 g/mol. The van der Waals surface area contributed by atoms with Gasteiger partial charge in [0.2, 0.25) is 0 Å². The Balaban J connectivity index is 2.04. The minimum Gasteiger partial charge on any atom is -0.327 e. The predicted octanol–water partition coefficient (Wildman–Crippen LogP) is 1.12. The summed E-state index contributed by atoms with van der Waals surface area (Å²) < 4.78 is 0. The minimum atomic E-state index is 0.315. The van der Waals surface area contributed by atoms with Crippen LogP contribution in [0.5, 0.6) is 0 Å². The first-order valence-corrected chi connectivity index (χ1v) is 6.02. The summed E-state index contributed by atoms with van der Waals surface area (Å²) in [7, 11) is 0. The number of pyridine rings is 1. The fourth-order valence-electron chi connectivity index (χ4n) is 2.30. The van der Waals surface area contributed by atoms with Crippen molar-refractivity contribution >= 4 is 0 Å². The third-order valence-corrected chi connectivity index (χ3v) is 3.45. The predicted molar refractivity (Wildman–Crippen MR) is 66.0 cm³/mol. The van der Waals surface area contributed by atoms with Crippen LogP contribution >= 0.6 is 0 Å². The van der Waals surface area contributed by atoms with Crippen LogP contribution in [0, 0.1) is 17.2 Å². The van der Waals surface area contributed by atoms with Gasteiger partial charge in [-0.15, -0.1) is 0 Å². The Morgan fingerprint density at radius 2 is 2.47 bits per heavy atom. The van der Waals surface area contributed by atoms with Crippen molar-refractivity contribution in [2.75, 3.05) is 13.1 Å². The van der Waals surface area contributed by atoms with Crippen molar-refractivity contribution in [1.29, 1.82) is 5.26 Å². The van der Waals surface area contributed by atoms with Crippen LogP contribution in [0.3, 0.4) is 0 Å². The third-order valence-electron chi connectivity index (χ3n) is 3.45. The first kappa shape index (κ1) is 12.0. The zero-order chi connectivity index (χ0) is 12.3. The van der Waals surface area contributed by atoms with Crippen molar-refractivity contribution in [3.05, 3.63) is 29.6 Å². The van der Waals surface area contributed by atoms with Crippen LogP contribution in [0.25, 0.3) is 0 Å². The third kappa shape index (κ3) is 2.82. The minimum absolute atomic E-state index is 0.315. The molecule has 17 heavy (non-hydrogen) atoms. The largest absolute Gasteiger partial charge is 0.327 e. The monoisotopic (exact) mass is 230 g/mol. The van der Waals surface area contributed by atoms with Gasteiger partial charge in [-0.25, -0.2) is 4.98 Å². The second-order valence-corrected chi connectivity index (χ2v) is 4.79. The number of rotatable bonds is 2. The van der Waals surface area contributed by atoms with Gasteiger partial charge in [0.15, 0.2) is 0 Å². The maximum atomic E-state index is 8.99. The zero-order valence-electron chi connectivity index (χ0n) is 10.1. The molecule has 1 aromatic rings. The van der Waals surface area contributed by atoms with Crippen LogP contribution in [0.15, 0.2) is 18.3 Å². The molecule has 0 spiro atoms. The number of hydrogen-bond donors (Lipinski definition) is 1. The highest BCUT2D eigenvalue weighted by Gasteiger charge is 2.23. The Morgan fingerprint density at radius 1 is 1.65 bits per heavy atom. The summed E-state index contributed by atoms with van der Waals surface area (Å²) >= 11 is 0. The number of likely N-dealkylation sites (tertiary alicyclic amines) is 1. The molecule has 0 bridgehead atoms. The Kier molecular flexibility index (Phi) is 3.72. The van der Waals surface area contributed by atoms with Crippen molar-refractivity contribution in [2.24, 2.45) is 11.7 Å². The Labute approximate surface area is 102 Å². The molecule has 0 aromatic carbocycles. The average molecular weight is 230 g/mol. The molecule has 1 aliphatic heterocycles. The van der Waals surface area contributed by atoms with Crippen molar-refractivity contribution in [3.63, 3.8) is 0 Å². The molecule has 2 atom stereocenters. The van der Waals surface area contributed by atoms with Crippen LogP contribution in [-0.4, -0.2) is 29.0 Å². The van der Waals surface area contributed by atoms with Gasteiger partial charge in [-0.05, 0) is 24.9 Å². The summed E-state index contributed by atoms with van der Waals surface area (Å²) in [5.41, 5.74) is 7.55. The van der Waals surface area contributed by atoms with E-state index in [-0.39, 0.29) is 0 Å². The van der Waals surface area contributed by atoms with E-state index >= 15 is 0 Å². The van der Waals surface area contributed by atoms with Crippen molar-refractivity contribution in [3.8, 4) is 6.07 Å². The summed E-state index contributed by atoms with van der Waals surface area (Å²) in [5.74, 6) is 0.519. The summed E-state index contributed by atoms with van der Waals surface area (Å²) in [4.78, 5) is 6.44. The molecule has 2 heterocycles. The number of nitrogens with zero attached hydrogens (tertiary/aromatic N) is 3. The van der Waals surface area contributed by atoms with E-state index in [0.29, 0.717) is 17.7 Å². The van der Waals surface area contributed by atoms with Crippen LogP contribution in [-0.2, 0) is 6.54 Å². The highest BCUT2D eigenvalue weighted by molar-refractivity contribution is 5.30. The van der Waals surface area contributed by atoms with Gasteiger partial charge in [0.05, 0.1) is 0 Å². The summed E-state index contributed by atoms with van der Waals surface area (Å²) in [6.07, 6.45) is 2.69. The molecule has 2 N–H and O–H groups in total. The van der Waals surface area contributed by atoms with E-state index in [2.05, 4.69) is 22.9 Å². The molecule has 0 amide bonds. The van der Waals surface area contributed by atoms with Crippen LogP contribution in [0.4, 0.5) is 0 Å². The molecule has 1 aliphatic rings. The molecule has 1 fully saturated rings. The lowest BCUT2D eigenvalue weighted by atomic mass is 9.94. The van der Waals surface area contributed by atoms with Gasteiger partial charge < -0.3 is 5.73 Å². The van der Waals surface area contributed by atoms with E-state index in [4.69, 9.17) is 11.0 Å². The Bertz CT molecular complexity index is 424. The maximum Gasteiger partial charge on any atom is 0.144 e. The number of piperidine rings is 1. The lowest BCUT2D eigenvalue weighted by Gasteiger charge is -2.35. The van der Waals surface area contributed by atoms with Gasteiger partial charge in [-0.3, -0.25) is 4.90 Å². The van der Waals surface area contributed by atoms with Crippen LogP contribution in [0.1, 0.15) is 24.6 Å². The standard InChI is InChI=1S/C13H18N4/c1-10-8-17(6-4-12(10)15)9-11-3-2-5-16-13(11)7-14/h2-3,5,10,12H,4,6,8-9,15H2,1H3. The van der Waals surface area contributed by atoms with E-state index in [0.717, 1.165) is 31.6 Å². The molecule has 90 valence electrons. The quantitative estimate of drug-likeness (QED) is 0.827. The number of nitrogens with two attached hydrogens (primary N) is 1. The normalized spacial score (nSPS) is 25.5. The van der Waals surface area contributed by atoms with E-state index < -0.39 is 0 Å². The molecule has 4 heteroatoms. The van der Waals surface area contributed by atoms with Gasteiger partial charge in [0.1, 0.15) is 11.8 Å². The van der Waals surface area contributed by atoms with Gasteiger partial charge in [-0.2, -0.15) is 5.26 Å². The first-order chi connectivity index (χ1) is 8.20. The first-order valence-electron chi connectivity index (χ1n) is 6.02. The molecule has 0 aliphatic carbocycles. The Hall–Kier alpha value is -1.44. The molecule has 2 unspecified atom stereocenters. The SMILES string of the molecule is CC1CN(Cc2cccnc2C#N)CCC1N. The smallest absolute Gasteiger partial charge is 0.144 e. The summed E-state index contributed by atoms with van der Waals surface area (Å²) in [6, 6.07) is 6.32. The topological polar surface area (TPSA) is 65.9 Å². The Morgan fingerprint density at radius 3 is 3.18 bits per heavy atom. The molecule has 1 aromatic heterocycles. The fourth-order valence-corrected chi connectivity index (χ4v) is 2.30. The zero-order valence-corrected chi connectivity index (χ0v) is 10.1. The lowest BCUT2D eigenvalue weighted by molar-refractivity contribution is 0.157. The fraction of sp³-hybridized carbons (Fsp3) is 0.538. The lowest BCUT2D eigenvalue weighted by Crippen LogP contribution is -2.45. The van der Waals surface area contributed by atoms with E-state index in [9.17, 15) is 0 Å². The molecule has 0 radical (unpaired) electrons. The van der Waals surface area contributed by atoms with E-state index in [1.165, 1.54) is 0 Å². The van der Waals surface area contributed by atoms with Crippen molar-refractivity contribution in [1.82, 2.24) is 9.88 Å². The van der Waals surface area contributed by atoms with Gasteiger partial charge in [0.25, 0.3) is 0 Å². The molecule has 0 saturated carbocycles. The average Bonchev–Trinajstić information content (AvgIpc) is 2.34. The second kappa shape index (κ2) is 5.26. The van der Waals surface area contributed by atoms with E-state index in [1.807, 2.05) is 12.1 Å². The molecule has 1 saturated heterocycles. The number of hydrogen-bond acceptors (Lipinski definition) is 4. The molecule has 2 rings (SSSR count). The highest BCUT2D eigenvalue weighted by Crippen LogP contribution is 2.18. The molecular formula is C13H18N4. The van der Waals surface area contributed by atoms with Crippen molar-refractivity contribution < 1.29 is 0 Å². The summed E-state index contributed by atoms with van der Waals surface area (Å²) in [6.45, 7) is 4.99.